The molecule has 2 aromatic carbocycles. The van der Waals surface area contributed by atoms with E-state index in [1.54, 1.807) is 0 Å². The lowest BCUT2D eigenvalue weighted by molar-refractivity contribution is 0.107. The molecule has 0 atom stereocenters. The van der Waals surface area contributed by atoms with Crippen LogP contribution in [0.3, 0.4) is 0 Å². The molecule has 0 aliphatic carbocycles. The Kier molecular flexibility index (Phi) is 12.1. The standard InChI is InChI=1S/C26H38N4O.HI/c1-4-27-26(29-25-14-16-30(17-15-25)21(2)3)28-18-22-10-12-24(13-11-22)20-31-19-23-8-6-5-7-9-23;/h5-13,21,25H,4,14-20H2,1-3H3,(H2,27,28,29);1H. The molecular formula is C26H39IN4O. The average molecular weight is 551 g/mol. The molecule has 0 saturated carbocycles. The zero-order valence-corrected chi connectivity index (χ0v) is 22.0. The van der Waals surface area contributed by atoms with Gasteiger partial charge in [0.05, 0.1) is 19.8 Å². The van der Waals surface area contributed by atoms with Gasteiger partial charge in [0.2, 0.25) is 0 Å². The summed E-state index contributed by atoms with van der Waals surface area (Å²) >= 11 is 0. The zero-order valence-electron chi connectivity index (χ0n) is 19.7. The molecule has 32 heavy (non-hydrogen) atoms. The Hall–Kier alpha value is -1.64. The molecular weight excluding hydrogens is 511 g/mol. The van der Waals surface area contributed by atoms with Crippen molar-refractivity contribution in [3.63, 3.8) is 0 Å². The van der Waals surface area contributed by atoms with E-state index in [1.165, 1.54) is 29.5 Å². The van der Waals surface area contributed by atoms with Gasteiger partial charge < -0.3 is 20.3 Å². The largest absolute Gasteiger partial charge is 0.372 e. The van der Waals surface area contributed by atoms with Crippen LogP contribution in [0.25, 0.3) is 0 Å². The normalized spacial score (nSPS) is 15.4. The van der Waals surface area contributed by atoms with Gasteiger partial charge in [0, 0.05) is 31.7 Å². The Bertz CT molecular complexity index is 787. The molecule has 0 spiro atoms. The SMILES string of the molecule is CCNC(=NCc1ccc(COCc2ccccc2)cc1)NC1CCN(C(C)C)CC1.I. The first-order valence-corrected chi connectivity index (χ1v) is 11.6. The van der Waals surface area contributed by atoms with Crippen LogP contribution in [0.15, 0.2) is 59.6 Å². The third-order valence-corrected chi connectivity index (χ3v) is 5.77. The summed E-state index contributed by atoms with van der Waals surface area (Å²) in [5, 5.41) is 7.03. The van der Waals surface area contributed by atoms with Gasteiger partial charge in [-0.05, 0) is 50.3 Å². The number of piperidine rings is 1. The maximum Gasteiger partial charge on any atom is 0.191 e. The van der Waals surface area contributed by atoms with Gasteiger partial charge in [-0.2, -0.15) is 0 Å². The molecule has 6 heteroatoms. The van der Waals surface area contributed by atoms with Crippen LogP contribution in [-0.4, -0.2) is 42.6 Å². The fraction of sp³-hybridized carbons (Fsp3) is 0.500. The number of nitrogens with one attached hydrogen (secondary N) is 2. The van der Waals surface area contributed by atoms with Gasteiger partial charge in [-0.1, -0.05) is 54.6 Å². The monoisotopic (exact) mass is 550 g/mol. The Morgan fingerprint density at radius 3 is 2.16 bits per heavy atom. The first-order valence-electron chi connectivity index (χ1n) is 11.6. The number of rotatable bonds is 9. The summed E-state index contributed by atoms with van der Waals surface area (Å²) in [5.74, 6) is 0.917. The van der Waals surface area contributed by atoms with Crippen LogP contribution in [0.1, 0.15) is 50.3 Å². The highest BCUT2D eigenvalue weighted by Crippen LogP contribution is 2.13. The molecule has 1 aliphatic rings. The van der Waals surface area contributed by atoms with Crippen LogP contribution in [0.2, 0.25) is 0 Å². The van der Waals surface area contributed by atoms with Crippen molar-refractivity contribution in [2.75, 3.05) is 19.6 Å². The van der Waals surface area contributed by atoms with Crippen molar-refractivity contribution in [1.29, 1.82) is 0 Å². The van der Waals surface area contributed by atoms with Crippen molar-refractivity contribution in [3.05, 3.63) is 71.3 Å². The second-order valence-electron chi connectivity index (χ2n) is 8.54. The van der Waals surface area contributed by atoms with Crippen LogP contribution >= 0.6 is 24.0 Å². The Labute approximate surface area is 211 Å². The summed E-state index contributed by atoms with van der Waals surface area (Å²) in [4.78, 5) is 7.36. The van der Waals surface area contributed by atoms with E-state index in [-0.39, 0.29) is 24.0 Å². The third kappa shape index (κ3) is 9.08. The molecule has 1 aliphatic heterocycles. The van der Waals surface area contributed by atoms with Crippen LogP contribution in [0, 0.1) is 0 Å². The Morgan fingerprint density at radius 2 is 1.56 bits per heavy atom. The Balaban J connectivity index is 0.00000363. The second kappa shape index (κ2) is 14.5. The van der Waals surface area contributed by atoms with Crippen molar-refractivity contribution in [1.82, 2.24) is 15.5 Å². The van der Waals surface area contributed by atoms with E-state index >= 15 is 0 Å². The molecule has 5 nitrogen and oxygen atoms in total. The summed E-state index contributed by atoms with van der Waals surface area (Å²) in [7, 11) is 0. The van der Waals surface area contributed by atoms with Gasteiger partial charge in [-0.15, -0.1) is 24.0 Å². The Morgan fingerprint density at radius 1 is 0.969 bits per heavy atom. The minimum Gasteiger partial charge on any atom is -0.372 e. The highest BCUT2D eigenvalue weighted by Gasteiger charge is 2.21. The van der Waals surface area contributed by atoms with Gasteiger partial charge in [0.25, 0.3) is 0 Å². The predicted molar refractivity (Wildman–Crippen MR) is 144 cm³/mol. The first kappa shape index (κ1) is 26.6. The number of benzene rings is 2. The van der Waals surface area contributed by atoms with Crippen LogP contribution < -0.4 is 10.6 Å². The quantitative estimate of drug-likeness (QED) is 0.264. The molecule has 1 heterocycles. The van der Waals surface area contributed by atoms with E-state index in [4.69, 9.17) is 9.73 Å². The number of aliphatic imine (C=N–C) groups is 1. The summed E-state index contributed by atoms with van der Waals surface area (Å²) < 4.78 is 5.83. The number of hydrogen-bond acceptors (Lipinski definition) is 3. The number of halogens is 1. The summed E-state index contributed by atoms with van der Waals surface area (Å²) in [6.07, 6.45) is 2.33. The fourth-order valence-electron chi connectivity index (χ4n) is 3.85. The maximum absolute atomic E-state index is 5.83. The smallest absolute Gasteiger partial charge is 0.191 e. The minimum absolute atomic E-state index is 0. The molecule has 0 bridgehead atoms. The molecule has 3 rings (SSSR count). The molecule has 2 aromatic rings. The molecule has 0 amide bonds. The molecule has 2 N–H and O–H groups in total. The molecule has 1 fully saturated rings. The minimum atomic E-state index is 0. The lowest BCUT2D eigenvalue weighted by Gasteiger charge is -2.35. The third-order valence-electron chi connectivity index (χ3n) is 5.77. The molecule has 0 aromatic heterocycles. The topological polar surface area (TPSA) is 48.9 Å². The fourth-order valence-corrected chi connectivity index (χ4v) is 3.85. The van der Waals surface area contributed by atoms with E-state index in [0.717, 1.165) is 25.6 Å². The number of guanidine groups is 1. The van der Waals surface area contributed by atoms with Gasteiger partial charge >= 0.3 is 0 Å². The van der Waals surface area contributed by atoms with E-state index in [0.29, 0.717) is 31.8 Å². The van der Waals surface area contributed by atoms with Crippen molar-refractivity contribution in [3.8, 4) is 0 Å². The first-order chi connectivity index (χ1) is 15.1. The van der Waals surface area contributed by atoms with Crippen molar-refractivity contribution < 1.29 is 4.74 Å². The summed E-state index contributed by atoms with van der Waals surface area (Å²) in [5.41, 5.74) is 3.59. The molecule has 0 unspecified atom stereocenters. The number of nitrogens with zero attached hydrogens (tertiary/aromatic N) is 2. The number of ether oxygens (including phenoxy) is 1. The van der Waals surface area contributed by atoms with E-state index in [2.05, 4.69) is 72.7 Å². The van der Waals surface area contributed by atoms with Gasteiger partial charge in [0.1, 0.15) is 0 Å². The highest BCUT2D eigenvalue weighted by atomic mass is 127. The van der Waals surface area contributed by atoms with Crippen LogP contribution in [0.5, 0.6) is 0 Å². The lowest BCUT2D eigenvalue weighted by Crippen LogP contribution is -2.49. The zero-order chi connectivity index (χ0) is 21.9. The van der Waals surface area contributed by atoms with E-state index < -0.39 is 0 Å². The van der Waals surface area contributed by atoms with Crippen molar-refractivity contribution >= 4 is 29.9 Å². The number of hydrogen-bond donors (Lipinski definition) is 2. The lowest BCUT2D eigenvalue weighted by atomic mass is 10.0. The number of likely N-dealkylation sites (tertiary alicyclic amines) is 1. The molecule has 176 valence electrons. The molecule has 0 radical (unpaired) electrons. The van der Waals surface area contributed by atoms with Gasteiger partial charge in [0.15, 0.2) is 5.96 Å². The molecule has 1 saturated heterocycles. The summed E-state index contributed by atoms with van der Waals surface area (Å²) in [6, 6.07) is 20.0. The van der Waals surface area contributed by atoms with Gasteiger partial charge in [-0.25, -0.2) is 4.99 Å². The van der Waals surface area contributed by atoms with Crippen LogP contribution in [0.4, 0.5) is 0 Å². The van der Waals surface area contributed by atoms with Crippen molar-refractivity contribution in [2.24, 2.45) is 4.99 Å². The highest BCUT2D eigenvalue weighted by molar-refractivity contribution is 14.0. The van der Waals surface area contributed by atoms with Gasteiger partial charge in [-0.3, -0.25) is 0 Å². The maximum atomic E-state index is 5.83. The average Bonchev–Trinajstić information content (AvgIpc) is 2.79. The van der Waals surface area contributed by atoms with E-state index in [1.807, 2.05) is 18.2 Å². The predicted octanol–water partition coefficient (Wildman–Crippen LogP) is 4.95. The van der Waals surface area contributed by atoms with Crippen LogP contribution in [-0.2, 0) is 24.5 Å². The van der Waals surface area contributed by atoms with E-state index in [9.17, 15) is 0 Å². The summed E-state index contributed by atoms with van der Waals surface area (Å²) in [6.45, 7) is 11.8. The second-order valence-corrected chi connectivity index (χ2v) is 8.54. The van der Waals surface area contributed by atoms with Crippen molar-refractivity contribution in [2.45, 2.75) is 65.5 Å².